The fraction of sp³-hybridized carbons (Fsp3) is 0.0667. The Balaban J connectivity index is 1.82. The van der Waals surface area contributed by atoms with Gasteiger partial charge in [-0.2, -0.15) is 0 Å². The van der Waals surface area contributed by atoms with Crippen LogP contribution in [0.5, 0.6) is 0 Å². The first-order valence-corrected chi connectivity index (χ1v) is 7.27. The van der Waals surface area contributed by atoms with Crippen molar-refractivity contribution in [2.45, 2.75) is 6.54 Å². The predicted molar refractivity (Wildman–Crippen MR) is 87.4 cm³/mol. The monoisotopic (exact) mass is 334 g/mol. The van der Waals surface area contributed by atoms with Crippen LogP contribution in [0.15, 0.2) is 46.9 Å². The lowest BCUT2D eigenvalue weighted by Crippen LogP contribution is -1.95. The van der Waals surface area contributed by atoms with E-state index in [2.05, 4.69) is 15.5 Å². The summed E-state index contributed by atoms with van der Waals surface area (Å²) in [5.74, 6) is 0.407. The number of halogens is 2. The van der Waals surface area contributed by atoms with E-state index in [1.54, 1.807) is 18.2 Å². The van der Waals surface area contributed by atoms with Gasteiger partial charge in [0.1, 0.15) is 0 Å². The van der Waals surface area contributed by atoms with E-state index >= 15 is 0 Å². The highest BCUT2D eigenvalue weighted by Gasteiger charge is 2.11. The topological polar surface area (TPSA) is 77.0 Å². The summed E-state index contributed by atoms with van der Waals surface area (Å²) in [6, 6.07) is 13.1. The quantitative estimate of drug-likeness (QED) is 0.745. The average Bonchev–Trinajstić information content (AvgIpc) is 3.00. The number of hydrogen-bond donors (Lipinski definition) is 2. The van der Waals surface area contributed by atoms with E-state index in [1.165, 1.54) is 0 Å². The molecule has 0 saturated carbocycles. The molecule has 0 aliphatic heterocycles. The second-order valence-corrected chi connectivity index (χ2v) is 5.32. The Morgan fingerprint density at radius 1 is 1.05 bits per heavy atom. The number of anilines is 2. The molecule has 0 amide bonds. The Labute approximate surface area is 137 Å². The van der Waals surface area contributed by atoms with Crippen molar-refractivity contribution >= 4 is 34.9 Å². The predicted octanol–water partition coefficient (Wildman–Crippen LogP) is 4.25. The van der Waals surface area contributed by atoms with Crippen LogP contribution in [0.25, 0.3) is 11.5 Å². The van der Waals surface area contributed by atoms with Gasteiger partial charge in [0.05, 0.1) is 15.7 Å². The van der Waals surface area contributed by atoms with Gasteiger partial charge in [-0.25, -0.2) is 0 Å². The molecule has 0 spiro atoms. The molecule has 3 aromatic rings. The third-order valence-electron chi connectivity index (χ3n) is 3.05. The van der Waals surface area contributed by atoms with Gasteiger partial charge in [-0.05, 0) is 29.8 Å². The van der Waals surface area contributed by atoms with Crippen LogP contribution >= 0.6 is 23.2 Å². The number of nitrogens with zero attached hydrogens (tertiary/aromatic N) is 2. The van der Waals surface area contributed by atoms with Crippen LogP contribution in [0.3, 0.4) is 0 Å². The van der Waals surface area contributed by atoms with Crippen LogP contribution in [0, 0.1) is 0 Å². The van der Waals surface area contributed by atoms with E-state index in [0.29, 0.717) is 28.2 Å². The van der Waals surface area contributed by atoms with Gasteiger partial charge >= 0.3 is 6.01 Å². The van der Waals surface area contributed by atoms with Gasteiger partial charge in [-0.3, -0.25) is 0 Å². The zero-order chi connectivity index (χ0) is 15.5. The first-order chi connectivity index (χ1) is 10.7. The second kappa shape index (κ2) is 6.36. The maximum atomic E-state index is 6.10. The highest BCUT2D eigenvalue weighted by molar-refractivity contribution is 6.43. The molecule has 1 heterocycles. The largest absolute Gasteiger partial charge is 0.403 e. The van der Waals surface area contributed by atoms with E-state index in [9.17, 15) is 0 Å². The van der Waals surface area contributed by atoms with Gasteiger partial charge in [-0.1, -0.05) is 46.5 Å². The molecule has 0 unspecified atom stereocenters. The van der Waals surface area contributed by atoms with Crippen molar-refractivity contribution < 1.29 is 4.42 Å². The molecule has 3 rings (SSSR count). The van der Waals surface area contributed by atoms with Crippen LogP contribution in [0.1, 0.15) is 5.56 Å². The van der Waals surface area contributed by atoms with E-state index < -0.39 is 0 Å². The zero-order valence-corrected chi connectivity index (χ0v) is 12.9. The van der Waals surface area contributed by atoms with E-state index in [4.69, 9.17) is 33.4 Å². The smallest absolute Gasteiger partial charge is 0.320 e. The highest BCUT2D eigenvalue weighted by Crippen LogP contribution is 2.32. The molecule has 0 radical (unpaired) electrons. The van der Waals surface area contributed by atoms with Gasteiger partial charge in [0.2, 0.25) is 5.89 Å². The minimum absolute atomic E-state index is 0.238. The average molecular weight is 335 g/mol. The standard InChI is InChI=1S/C15H12Cl2N4O/c16-11-2-1-3-12(13(11)17)19-15-21-20-14(22-15)10-6-4-9(8-18)5-7-10/h1-7H,8,18H2,(H,19,21). The highest BCUT2D eigenvalue weighted by atomic mass is 35.5. The van der Waals surface area contributed by atoms with Crippen LogP contribution in [-0.2, 0) is 6.54 Å². The van der Waals surface area contributed by atoms with Gasteiger partial charge in [-0.15, -0.1) is 5.10 Å². The van der Waals surface area contributed by atoms with Gasteiger partial charge in [0, 0.05) is 12.1 Å². The Bertz CT molecular complexity index is 786. The number of rotatable bonds is 4. The van der Waals surface area contributed by atoms with Gasteiger partial charge in [0.15, 0.2) is 0 Å². The van der Waals surface area contributed by atoms with Crippen LogP contribution in [0.4, 0.5) is 11.7 Å². The lowest BCUT2D eigenvalue weighted by atomic mass is 10.1. The maximum absolute atomic E-state index is 6.10. The van der Waals surface area contributed by atoms with Crippen molar-refractivity contribution in [2.75, 3.05) is 5.32 Å². The summed E-state index contributed by atoms with van der Waals surface area (Å²) in [4.78, 5) is 0. The maximum Gasteiger partial charge on any atom is 0.320 e. The molecule has 22 heavy (non-hydrogen) atoms. The molecule has 0 fully saturated rings. The number of nitrogens with one attached hydrogen (secondary N) is 1. The van der Waals surface area contributed by atoms with Gasteiger partial charge < -0.3 is 15.5 Å². The molecule has 0 aliphatic rings. The Kier molecular flexibility index (Phi) is 4.29. The Morgan fingerprint density at radius 3 is 2.55 bits per heavy atom. The van der Waals surface area contributed by atoms with Gasteiger partial charge in [0.25, 0.3) is 0 Å². The first-order valence-electron chi connectivity index (χ1n) is 6.51. The third-order valence-corrected chi connectivity index (χ3v) is 3.87. The number of hydrogen-bond acceptors (Lipinski definition) is 5. The minimum Gasteiger partial charge on any atom is -0.403 e. The number of benzene rings is 2. The summed E-state index contributed by atoms with van der Waals surface area (Å²) in [5, 5.41) is 11.7. The molecular formula is C15H12Cl2N4O. The molecule has 1 aromatic heterocycles. The summed E-state index contributed by atoms with van der Waals surface area (Å²) >= 11 is 12.1. The van der Waals surface area contributed by atoms with Crippen molar-refractivity contribution in [1.82, 2.24) is 10.2 Å². The summed E-state index contributed by atoms with van der Waals surface area (Å²) in [7, 11) is 0. The molecule has 2 aromatic carbocycles. The lowest BCUT2D eigenvalue weighted by Gasteiger charge is -2.04. The zero-order valence-electron chi connectivity index (χ0n) is 11.4. The Morgan fingerprint density at radius 2 is 1.82 bits per heavy atom. The fourth-order valence-corrected chi connectivity index (χ4v) is 2.24. The van der Waals surface area contributed by atoms with Crippen LogP contribution in [-0.4, -0.2) is 10.2 Å². The van der Waals surface area contributed by atoms with E-state index in [-0.39, 0.29) is 6.01 Å². The lowest BCUT2D eigenvalue weighted by molar-refractivity contribution is 0.587. The van der Waals surface area contributed by atoms with Crippen molar-refractivity contribution in [2.24, 2.45) is 5.73 Å². The normalized spacial score (nSPS) is 10.7. The number of aromatic nitrogens is 2. The SMILES string of the molecule is NCc1ccc(-c2nnc(Nc3cccc(Cl)c3Cl)o2)cc1. The van der Waals surface area contributed by atoms with Crippen molar-refractivity contribution in [3.8, 4) is 11.5 Å². The van der Waals surface area contributed by atoms with E-state index in [1.807, 2.05) is 24.3 Å². The van der Waals surface area contributed by atoms with Crippen molar-refractivity contribution in [3.05, 3.63) is 58.1 Å². The van der Waals surface area contributed by atoms with Crippen LogP contribution < -0.4 is 11.1 Å². The second-order valence-electron chi connectivity index (χ2n) is 4.54. The summed E-state index contributed by atoms with van der Waals surface area (Å²) in [5.41, 5.74) is 8.02. The molecule has 112 valence electrons. The fourth-order valence-electron chi connectivity index (χ4n) is 1.89. The molecule has 0 bridgehead atoms. The molecular weight excluding hydrogens is 323 g/mol. The molecule has 0 aliphatic carbocycles. The Hall–Kier alpha value is -2.08. The molecule has 0 atom stereocenters. The summed E-state index contributed by atoms with van der Waals surface area (Å²) in [6.07, 6.45) is 0. The minimum atomic E-state index is 0.238. The molecule has 7 heteroatoms. The first kappa shape index (κ1) is 14.8. The van der Waals surface area contributed by atoms with Crippen LogP contribution in [0.2, 0.25) is 10.0 Å². The van der Waals surface area contributed by atoms with Crippen molar-refractivity contribution in [3.63, 3.8) is 0 Å². The van der Waals surface area contributed by atoms with Crippen molar-refractivity contribution in [1.29, 1.82) is 0 Å². The third kappa shape index (κ3) is 3.06. The summed E-state index contributed by atoms with van der Waals surface area (Å²) < 4.78 is 5.58. The van der Waals surface area contributed by atoms with E-state index in [0.717, 1.165) is 11.1 Å². The summed E-state index contributed by atoms with van der Waals surface area (Å²) in [6.45, 7) is 0.490. The molecule has 5 nitrogen and oxygen atoms in total. The molecule has 0 saturated heterocycles. The number of nitrogens with two attached hydrogens (primary N) is 1. The molecule has 3 N–H and O–H groups in total.